The molecule has 0 saturated heterocycles. The average Bonchev–Trinajstić information content (AvgIpc) is 2.07. The van der Waals surface area contributed by atoms with Crippen LogP contribution in [0.5, 0.6) is 0 Å². The maximum Gasteiger partial charge on any atom is 0.341 e. The summed E-state index contributed by atoms with van der Waals surface area (Å²) >= 11 is 0. The first-order valence-electron chi connectivity index (χ1n) is 4.18. The smallest absolute Gasteiger partial charge is 0.341 e. The third-order valence-electron chi connectivity index (χ3n) is 1.85. The quantitative estimate of drug-likeness (QED) is 0.729. The molecule has 0 amide bonds. The summed E-state index contributed by atoms with van der Waals surface area (Å²) in [6.07, 6.45) is 1.44. The lowest BCUT2D eigenvalue weighted by Gasteiger charge is -2.11. The zero-order valence-corrected chi connectivity index (χ0v) is 8.02. The lowest BCUT2D eigenvalue weighted by molar-refractivity contribution is 0.0694. The van der Waals surface area contributed by atoms with E-state index in [0.717, 1.165) is 0 Å². The summed E-state index contributed by atoms with van der Waals surface area (Å²) in [7, 11) is 0. The van der Waals surface area contributed by atoms with Crippen LogP contribution in [0.15, 0.2) is 17.1 Å². The molecule has 0 aliphatic rings. The lowest BCUT2D eigenvalue weighted by atomic mass is 10.2. The first-order chi connectivity index (χ1) is 6.43. The van der Waals surface area contributed by atoms with E-state index in [0.29, 0.717) is 0 Å². The summed E-state index contributed by atoms with van der Waals surface area (Å²) in [5.74, 6) is -1.25. The SMILES string of the molecule is CC(C)n1cc(N)cc(C(=O)O)c1=O. The van der Waals surface area contributed by atoms with Gasteiger partial charge in [-0.3, -0.25) is 4.79 Å². The number of anilines is 1. The van der Waals surface area contributed by atoms with E-state index in [1.807, 2.05) is 0 Å². The molecule has 3 N–H and O–H groups in total. The zero-order valence-electron chi connectivity index (χ0n) is 8.02. The minimum atomic E-state index is -1.25. The Morgan fingerprint density at radius 3 is 2.57 bits per heavy atom. The molecule has 1 heterocycles. The van der Waals surface area contributed by atoms with Crippen LogP contribution in [-0.4, -0.2) is 15.6 Å². The number of aromatic carboxylic acids is 1. The highest BCUT2D eigenvalue weighted by Gasteiger charge is 2.13. The molecular formula is C9H12N2O3. The Kier molecular flexibility index (Phi) is 2.60. The number of carbonyl (C=O) groups is 1. The molecule has 76 valence electrons. The van der Waals surface area contributed by atoms with Crippen LogP contribution < -0.4 is 11.3 Å². The summed E-state index contributed by atoms with van der Waals surface area (Å²) in [6.45, 7) is 3.57. The van der Waals surface area contributed by atoms with Crippen LogP contribution in [0.25, 0.3) is 0 Å². The normalized spacial score (nSPS) is 10.5. The van der Waals surface area contributed by atoms with Crippen LogP contribution >= 0.6 is 0 Å². The van der Waals surface area contributed by atoms with E-state index in [1.165, 1.54) is 16.8 Å². The fourth-order valence-electron chi connectivity index (χ4n) is 1.16. The number of aromatic nitrogens is 1. The first-order valence-corrected chi connectivity index (χ1v) is 4.18. The lowest BCUT2D eigenvalue weighted by Crippen LogP contribution is -2.27. The molecule has 1 aromatic heterocycles. The highest BCUT2D eigenvalue weighted by molar-refractivity contribution is 5.88. The molecule has 0 spiro atoms. The van der Waals surface area contributed by atoms with Gasteiger partial charge in [0, 0.05) is 17.9 Å². The number of nitrogens with two attached hydrogens (primary N) is 1. The van der Waals surface area contributed by atoms with Crippen molar-refractivity contribution in [3.05, 3.63) is 28.2 Å². The van der Waals surface area contributed by atoms with Crippen LogP contribution in [0, 0.1) is 0 Å². The second-order valence-electron chi connectivity index (χ2n) is 3.30. The maximum absolute atomic E-state index is 11.5. The van der Waals surface area contributed by atoms with Gasteiger partial charge in [0.05, 0.1) is 0 Å². The summed E-state index contributed by atoms with van der Waals surface area (Å²) in [5.41, 5.74) is 4.94. The summed E-state index contributed by atoms with van der Waals surface area (Å²) in [4.78, 5) is 22.2. The van der Waals surface area contributed by atoms with Gasteiger partial charge in [-0.1, -0.05) is 0 Å². The minimum absolute atomic E-state index is 0.107. The maximum atomic E-state index is 11.5. The van der Waals surface area contributed by atoms with Crippen LogP contribution in [-0.2, 0) is 0 Å². The van der Waals surface area contributed by atoms with Gasteiger partial charge in [0.25, 0.3) is 5.56 Å². The number of nitrogens with zero attached hydrogens (tertiary/aromatic N) is 1. The number of carboxylic acids is 1. The van der Waals surface area contributed by atoms with E-state index >= 15 is 0 Å². The highest BCUT2D eigenvalue weighted by Crippen LogP contribution is 2.07. The van der Waals surface area contributed by atoms with Crippen LogP contribution in [0.3, 0.4) is 0 Å². The third-order valence-corrected chi connectivity index (χ3v) is 1.85. The van der Waals surface area contributed by atoms with Crippen molar-refractivity contribution in [2.45, 2.75) is 19.9 Å². The Morgan fingerprint density at radius 2 is 2.14 bits per heavy atom. The predicted molar refractivity (Wildman–Crippen MR) is 52.5 cm³/mol. The summed E-state index contributed by atoms with van der Waals surface area (Å²) in [6, 6.07) is 1.06. The van der Waals surface area contributed by atoms with Crippen molar-refractivity contribution in [2.75, 3.05) is 5.73 Å². The van der Waals surface area contributed by atoms with Gasteiger partial charge in [-0.15, -0.1) is 0 Å². The zero-order chi connectivity index (χ0) is 10.9. The van der Waals surface area contributed by atoms with E-state index in [4.69, 9.17) is 10.8 Å². The van der Waals surface area contributed by atoms with Gasteiger partial charge >= 0.3 is 5.97 Å². The van der Waals surface area contributed by atoms with E-state index in [2.05, 4.69) is 0 Å². The molecule has 14 heavy (non-hydrogen) atoms. The summed E-state index contributed by atoms with van der Waals surface area (Å²) < 4.78 is 1.30. The monoisotopic (exact) mass is 196 g/mol. The van der Waals surface area contributed by atoms with Crippen molar-refractivity contribution in [1.82, 2.24) is 4.57 Å². The molecular weight excluding hydrogens is 184 g/mol. The second kappa shape index (κ2) is 3.53. The van der Waals surface area contributed by atoms with Gasteiger partial charge in [0.15, 0.2) is 0 Å². The van der Waals surface area contributed by atoms with Crippen LogP contribution in [0.4, 0.5) is 5.69 Å². The van der Waals surface area contributed by atoms with Gasteiger partial charge in [-0.25, -0.2) is 4.79 Å². The van der Waals surface area contributed by atoms with Gasteiger partial charge < -0.3 is 15.4 Å². The van der Waals surface area contributed by atoms with E-state index < -0.39 is 11.5 Å². The molecule has 1 aromatic rings. The Morgan fingerprint density at radius 1 is 1.57 bits per heavy atom. The second-order valence-corrected chi connectivity index (χ2v) is 3.30. The standard InChI is InChI=1S/C9H12N2O3/c1-5(2)11-4-6(10)3-7(8(11)12)9(13)14/h3-5H,10H2,1-2H3,(H,13,14). The first kappa shape index (κ1) is 10.3. The van der Waals surface area contributed by atoms with Crippen LogP contribution in [0.1, 0.15) is 30.2 Å². The largest absolute Gasteiger partial charge is 0.477 e. The fraction of sp³-hybridized carbons (Fsp3) is 0.333. The Hall–Kier alpha value is -1.78. The molecule has 1 rings (SSSR count). The molecule has 0 bridgehead atoms. The Bertz CT molecular complexity index is 421. The Balaban J connectivity index is 3.48. The van der Waals surface area contributed by atoms with Crippen molar-refractivity contribution in [2.24, 2.45) is 0 Å². The number of hydrogen-bond donors (Lipinski definition) is 2. The highest BCUT2D eigenvalue weighted by atomic mass is 16.4. The topological polar surface area (TPSA) is 85.3 Å². The molecule has 0 aliphatic carbocycles. The Labute approximate surface area is 80.8 Å². The van der Waals surface area contributed by atoms with Crippen molar-refractivity contribution < 1.29 is 9.90 Å². The number of nitrogen functional groups attached to an aromatic ring is 1. The van der Waals surface area contributed by atoms with Gasteiger partial charge in [-0.2, -0.15) is 0 Å². The molecule has 0 aromatic carbocycles. The number of rotatable bonds is 2. The number of pyridine rings is 1. The van der Waals surface area contributed by atoms with Gasteiger partial charge in [0.2, 0.25) is 0 Å². The fourth-order valence-corrected chi connectivity index (χ4v) is 1.16. The molecule has 0 atom stereocenters. The van der Waals surface area contributed by atoms with Crippen molar-refractivity contribution in [1.29, 1.82) is 0 Å². The van der Waals surface area contributed by atoms with Crippen molar-refractivity contribution in [3.8, 4) is 0 Å². The van der Waals surface area contributed by atoms with Crippen molar-refractivity contribution in [3.63, 3.8) is 0 Å². The van der Waals surface area contributed by atoms with Gasteiger partial charge in [0.1, 0.15) is 5.56 Å². The molecule has 0 saturated carbocycles. The molecule has 0 radical (unpaired) electrons. The predicted octanol–water partition coefficient (Wildman–Crippen LogP) is 0.710. The van der Waals surface area contributed by atoms with Crippen molar-refractivity contribution >= 4 is 11.7 Å². The molecule has 5 nitrogen and oxygen atoms in total. The van der Waals surface area contributed by atoms with Gasteiger partial charge in [-0.05, 0) is 19.9 Å². The minimum Gasteiger partial charge on any atom is -0.477 e. The van der Waals surface area contributed by atoms with Crippen LogP contribution in [0.2, 0.25) is 0 Å². The molecule has 0 unspecified atom stereocenters. The molecule has 0 aliphatic heterocycles. The van der Waals surface area contributed by atoms with E-state index in [9.17, 15) is 9.59 Å². The third kappa shape index (κ3) is 1.76. The number of hydrogen-bond acceptors (Lipinski definition) is 3. The summed E-state index contributed by atoms with van der Waals surface area (Å²) in [5, 5.41) is 8.73. The van der Waals surface area contributed by atoms with E-state index in [1.54, 1.807) is 13.8 Å². The van der Waals surface area contributed by atoms with E-state index in [-0.39, 0.29) is 17.3 Å². The molecule has 5 heteroatoms. The average molecular weight is 196 g/mol. The molecule has 0 fully saturated rings. The number of carboxylic acid groups (broad SMARTS) is 1.